The van der Waals surface area contributed by atoms with Crippen molar-refractivity contribution in [3.63, 3.8) is 0 Å². The zero-order valence-electron chi connectivity index (χ0n) is 6.55. The Kier molecular flexibility index (Phi) is 2.28. The molecule has 1 aliphatic rings. The van der Waals surface area contributed by atoms with Gasteiger partial charge in [-0.15, -0.1) is 0 Å². The Morgan fingerprint density at radius 1 is 1.60 bits per heavy atom. The predicted molar refractivity (Wildman–Crippen MR) is 38.7 cm³/mol. The molecule has 0 aromatic rings. The van der Waals surface area contributed by atoms with E-state index in [0.717, 1.165) is 6.54 Å². The van der Waals surface area contributed by atoms with E-state index in [-0.39, 0.29) is 5.60 Å². The molecule has 0 amide bonds. The highest BCUT2D eigenvalue weighted by Gasteiger charge is 2.24. The fraction of sp³-hybridized carbons (Fsp3) is 1.00. The minimum atomic E-state index is -0.405. The lowest BCUT2D eigenvalue weighted by atomic mass is 10.0. The highest BCUT2D eigenvalue weighted by Crippen LogP contribution is 2.17. The number of hydrogen-bond donors (Lipinski definition) is 2. The van der Waals surface area contributed by atoms with Crippen molar-refractivity contribution in [3.8, 4) is 0 Å². The van der Waals surface area contributed by atoms with Crippen LogP contribution in [0.5, 0.6) is 0 Å². The zero-order valence-corrected chi connectivity index (χ0v) is 6.55. The third-order valence-electron chi connectivity index (χ3n) is 1.66. The van der Waals surface area contributed by atoms with Crippen LogP contribution in [0.2, 0.25) is 0 Å². The average Bonchev–Trinajstić information content (AvgIpc) is 1.90. The van der Waals surface area contributed by atoms with Crippen LogP contribution in [0.15, 0.2) is 0 Å². The number of ether oxygens (including phenoxy) is 1. The summed E-state index contributed by atoms with van der Waals surface area (Å²) in [5, 5.41) is 12.2. The van der Waals surface area contributed by atoms with Gasteiger partial charge in [-0.25, -0.2) is 0 Å². The fourth-order valence-electron chi connectivity index (χ4n) is 1.15. The molecule has 3 nitrogen and oxygen atoms in total. The lowest BCUT2D eigenvalue weighted by Crippen LogP contribution is -2.33. The van der Waals surface area contributed by atoms with Crippen LogP contribution in [0.1, 0.15) is 20.3 Å². The summed E-state index contributed by atoms with van der Waals surface area (Å²) in [7, 11) is 0. The van der Waals surface area contributed by atoms with Gasteiger partial charge >= 0.3 is 0 Å². The zero-order chi connectivity index (χ0) is 7.61. The molecular formula is C7H15NO2. The highest BCUT2D eigenvalue weighted by molar-refractivity contribution is 4.75. The average molecular weight is 145 g/mol. The van der Waals surface area contributed by atoms with Crippen LogP contribution < -0.4 is 5.32 Å². The van der Waals surface area contributed by atoms with Gasteiger partial charge in [0.15, 0.2) is 0 Å². The van der Waals surface area contributed by atoms with E-state index in [1.165, 1.54) is 0 Å². The molecule has 0 aromatic carbocycles. The molecule has 0 spiro atoms. The molecule has 60 valence electrons. The Balaban J connectivity index is 2.46. The monoisotopic (exact) mass is 145 g/mol. The van der Waals surface area contributed by atoms with Gasteiger partial charge in [-0.2, -0.15) is 0 Å². The van der Waals surface area contributed by atoms with Crippen LogP contribution in [-0.2, 0) is 4.74 Å². The Labute approximate surface area is 61.4 Å². The van der Waals surface area contributed by atoms with Gasteiger partial charge in [0.2, 0.25) is 0 Å². The topological polar surface area (TPSA) is 41.5 Å². The molecule has 1 fully saturated rings. The van der Waals surface area contributed by atoms with Gasteiger partial charge in [0.05, 0.1) is 12.2 Å². The fourth-order valence-corrected chi connectivity index (χ4v) is 1.15. The van der Waals surface area contributed by atoms with Crippen LogP contribution in [0.4, 0.5) is 0 Å². The van der Waals surface area contributed by atoms with Crippen molar-refractivity contribution in [2.24, 2.45) is 0 Å². The number of hydrogen-bond acceptors (Lipinski definition) is 3. The molecule has 3 heteroatoms. The highest BCUT2D eigenvalue weighted by atomic mass is 16.5. The molecule has 1 aliphatic heterocycles. The van der Waals surface area contributed by atoms with Crippen molar-refractivity contribution in [1.82, 2.24) is 5.32 Å². The minimum absolute atomic E-state index is 0.178. The van der Waals surface area contributed by atoms with E-state index in [4.69, 9.17) is 4.74 Å². The molecule has 1 unspecified atom stereocenters. The maximum Gasteiger partial charge on any atom is 0.107 e. The van der Waals surface area contributed by atoms with Crippen LogP contribution in [0.3, 0.4) is 0 Å². The first-order valence-corrected chi connectivity index (χ1v) is 3.66. The number of rotatable bonds is 0. The lowest BCUT2D eigenvalue weighted by molar-refractivity contribution is -0.0270. The van der Waals surface area contributed by atoms with Crippen LogP contribution >= 0.6 is 0 Å². The third kappa shape index (κ3) is 2.25. The molecule has 0 bridgehead atoms. The Bertz CT molecular complexity index is 114. The normalized spacial score (nSPS) is 33.3. The van der Waals surface area contributed by atoms with E-state index in [0.29, 0.717) is 13.0 Å². The molecule has 10 heavy (non-hydrogen) atoms. The maximum atomic E-state index is 9.23. The number of aliphatic hydroxyl groups excluding tert-OH is 1. The largest absolute Gasteiger partial charge is 0.379 e. The van der Waals surface area contributed by atoms with Crippen LogP contribution in [0, 0.1) is 0 Å². The second kappa shape index (κ2) is 2.86. The van der Waals surface area contributed by atoms with Gasteiger partial charge in [-0.3, -0.25) is 5.32 Å². The summed E-state index contributed by atoms with van der Waals surface area (Å²) in [6.45, 7) is 5.40. The van der Waals surface area contributed by atoms with Crippen LogP contribution in [-0.4, -0.2) is 30.1 Å². The molecule has 1 heterocycles. The predicted octanol–water partition coefficient (Wildman–Crippen LogP) is 0.0933. The smallest absolute Gasteiger partial charge is 0.107 e. The summed E-state index contributed by atoms with van der Waals surface area (Å²) >= 11 is 0. The van der Waals surface area contributed by atoms with Gasteiger partial charge in [-0.05, 0) is 13.8 Å². The van der Waals surface area contributed by atoms with Gasteiger partial charge in [-0.1, -0.05) is 0 Å². The molecule has 0 saturated carbocycles. The Hall–Kier alpha value is -0.120. The first-order chi connectivity index (χ1) is 4.60. The third-order valence-corrected chi connectivity index (χ3v) is 1.66. The quantitative estimate of drug-likeness (QED) is 0.507. The molecule has 0 aliphatic carbocycles. The minimum Gasteiger partial charge on any atom is -0.379 e. The molecule has 0 aromatic heterocycles. The van der Waals surface area contributed by atoms with Crippen molar-refractivity contribution in [2.75, 3.05) is 13.2 Å². The lowest BCUT2D eigenvalue weighted by Gasteiger charge is -2.23. The van der Waals surface area contributed by atoms with Crippen molar-refractivity contribution in [3.05, 3.63) is 0 Å². The molecule has 1 atom stereocenters. The first kappa shape index (κ1) is 7.98. The SMILES string of the molecule is CC1(C)CC(O)NCCO1. The van der Waals surface area contributed by atoms with Crippen molar-refractivity contribution in [1.29, 1.82) is 0 Å². The van der Waals surface area contributed by atoms with E-state index in [2.05, 4.69) is 5.32 Å². The number of nitrogens with one attached hydrogen (secondary N) is 1. The van der Waals surface area contributed by atoms with E-state index in [1.54, 1.807) is 0 Å². The standard InChI is InChI=1S/C7H15NO2/c1-7(2)5-6(9)8-3-4-10-7/h6,8-9H,3-5H2,1-2H3. The van der Waals surface area contributed by atoms with Gasteiger partial charge in [0.1, 0.15) is 6.23 Å². The van der Waals surface area contributed by atoms with Gasteiger partial charge in [0, 0.05) is 13.0 Å². The molecule has 2 N–H and O–H groups in total. The Morgan fingerprint density at radius 3 is 3.00 bits per heavy atom. The number of aliphatic hydroxyl groups is 1. The molecule has 1 saturated heterocycles. The summed E-state index contributed by atoms with van der Waals surface area (Å²) in [5.41, 5.74) is -0.178. The molecule has 0 radical (unpaired) electrons. The van der Waals surface area contributed by atoms with E-state index < -0.39 is 6.23 Å². The summed E-state index contributed by atoms with van der Waals surface area (Å²) in [4.78, 5) is 0. The second-order valence-corrected chi connectivity index (χ2v) is 3.28. The summed E-state index contributed by atoms with van der Waals surface area (Å²) < 4.78 is 5.44. The van der Waals surface area contributed by atoms with E-state index in [9.17, 15) is 5.11 Å². The Morgan fingerprint density at radius 2 is 2.30 bits per heavy atom. The maximum absolute atomic E-state index is 9.23. The summed E-state index contributed by atoms with van der Waals surface area (Å²) in [6.07, 6.45) is 0.255. The van der Waals surface area contributed by atoms with Gasteiger partial charge in [0.25, 0.3) is 0 Å². The van der Waals surface area contributed by atoms with Gasteiger partial charge < -0.3 is 9.84 Å². The van der Waals surface area contributed by atoms with Crippen molar-refractivity contribution >= 4 is 0 Å². The molecule has 1 rings (SSSR count). The van der Waals surface area contributed by atoms with E-state index in [1.807, 2.05) is 13.8 Å². The van der Waals surface area contributed by atoms with Crippen molar-refractivity contribution in [2.45, 2.75) is 32.1 Å². The van der Waals surface area contributed by atoms with E-state index >= 15 is 0 Å². The summed E-state index contributed by atoms with van der Waals surface area (Å²) in [5.74, 6) is 0. The van der Waals surface area contributed by atoms with Crippen molar-refractivity contribution < 1.29 is 9.84 Å². The molecular weight excluding hydrogens is 130 g/mol. The summed E-state index contributed by atoms with van der Waals surface area (Å²) in [6, 6.07) is 0. The van der Waals surface area contributed by atoms with Crippen LogP contribution in [0.25, 0.3) is 0 Å². The first-order valence-electron chi connectivity index (χ1n) is 3.66. The second-order valence-electron chi connectivity index (χ2n) is 3.28.